The molecule has 2 heterocycles. The summed E-state index contributed by atoms with van der Waals surface area (Å²) in [5.41, 5.74) is 0.782. The second kappa shape index (κ2) is 7.67. The first-order chi connectivity index (χ1) is 12.3. The number of nitrogens with zero attached hydrogens (tertiary/aromatic N) is 3. The molecule has 0 spiro atoms. The first kappa shape index (κ1) is 19.3. The topological polar surface area (TPSA) is 53.5 Å². The molecule has 0 aromatic carbocycles. The van der Waals surface area contributed by atoms with Crippen molar-refractivity contribution < 1.29 is 9.59 Å². The molecule has 2 aliphatic rings. The van der Waals surface area contributed by atoms with E-state index in [1.807, 2.05) is 16.7 Å². The minimum absolute atomic E-state index is 0.0426. The number of hydrogen-bond acceptors (Lipinski definition) is 4. The highest BCUT2D eigenvalue weighted by atomic mass is 32.1. The monoisotopic (exact) mass is 377 g/mol. The molecule has 6 heteroatoms. The number of carbonyl (C=O) groups excluding carboxylic acids is 2. The molecule has 1 aromatic heterocycles. The number of hydrogen-bond donors (Lipinski definition) is 0. The zero-order valence-electron chi connectivity index (χ0n) is 16.5. The van der Waals surface area contributed by atoms with E-state index in [2.05, 4.69) is 25.8 Å². The predicted octanol–water partition coefficient (Wildman–Crippen LogP) is 3.61. The standard InChI is InChI=1S/C20H31N3O2S/c1-14-16(26-19(21-14)20(2,3)4)18(25)23-12-10-22(11-13-23)17(24)15-8-6-5-7-9-15/h15H,5-13H2,1-4H3. The summed E-state index contributed by atoms with van der Waals surface area (Å²) in [4.78, 5) is 34.8. The number of piperazine rings is 1. The van der Waals surface area contributed by atoms with Gasteiger partial charge in [0.15, 0.2) is 0 Å². The Labute approximate surface area is 160 Å². The molecule has 1 aromatic rings. The van der Waals surface area contributed by atoms with E-state index < -0.39 is 0 Å². The molecule has 144 valence electrons. The zero-order valence-corrected chi connectivity index (χ0v) is 17.3. The van der Waals surface area contributed by atoms with E-state index in [-0.39, 0.29) is 17.2 Å². The van der Waals surface area contributed by atoms with E-state index in [0.717, 1.165) is 28.4 Å². The van der Waals surface area contributed by atoms with Crippen molar-refractivity contribution in [1.29, 1.82) is 0 Å². The lowest BCUT2D eigenvalue weighted by Crippen LogP contribution is -2.52. The quantitative estimate of drug-likeness (QED) is 0.791. The third-order valence-corrected chi connectivity index (χ3v) is 7.04. The van der Waals surface area contributed by atoms with Gasteiger partial charge in [-0.05, 0) is 19.8 Å². The highest BCUT2D eigenvalue weighted by molar-refractivity contribution is 7.14. The lowest BCUT2D eigenvalue weighted by molar-refractivity contribution is -0.138. The number of amides is 2. The van der Waals surface area contributed by atoms with Crippen LogP contribution < -0.4 is 0 Å². The Kier molecular flexibility index (Phi) is 5.70. The van der Waals surface area contributed by atoms with Crippen molar-refractivity contribution in [2.75, 3.05) is 26.2 Å². The van der Waals surface area contributed by atoms with Gasteiger partial charge in [-0.25, -0.2) is 4.98 Å². The summed E-state index contributed by atoms with van der Waals surface area (Å²) in [7, 11) is 0. The van der Waals surface area contributed by atoms with Gasteiger partial charge in [0.25, 0.3) is 5.91 Å². The number of aromatic nitrogens is 1. The van der Waals surface area contributed by atoms with Crippen molar-refractivity contribution in [2.24, 2.45) is 5.92 Å². The SMILES string of the molecule is Cc1nc(C(C)(C)C)sc1C(=O)N1CCN(C(=O)C2CCCCC2)CC1. The lowest BCUT2D eigenvalue weighted by Gasteiger charge is -2.37. The van der Waals surface area contributed by atoms with Gasteiger partial charge in [-0.2, -0.15) is 0 Å². The van der Waals surface area contributed by atoms with Crippen molar-refractivity contribution in [3.63, 3.8) is 0 Å². The summed E-state index contributed by atoms with van der Waals surface area (Å²) in [6.45, 7) is 10.8. The third kappa shape index (κ3) is 4.11. The second-order valence-corrected chi connectivity index (χ2v) is 9.64. The summed E-state index contributed by atoms with van der Waals surface area (Å²) in [5, 5.41) is 1.00. The maximum absolute atomic E-state index is 12.9. The molecular formula is C20H31N3O2S. The average Bonchev–Trinajstić information content (AvgIpc) is 3.03. The minimum Gasteiger partial charge on any atom is -0.339 e. The molecule has 5 nitrogen and oxygen atoms in total. The molecule has 1 saturated carbocycles. The Balaban J connectivity index is 1.60. The lowest BCUT2D eigenvalue weighted by atomic mass is 9.88. The van der Waals surface area contributed by atoms with Gasteiger partial charge in [0.1, 0.15) is 4.88 Å². The molecule has 2 fully saturated rings. The molecule has 0 N–H and O–H groups in total. The maximum Gasteiger partial charge on any atom is 0.265 e. The Hall–Kier alpha value is -1.43. The van der Waals surface area contributed by atoms with E-state index in [4.69, 9.17) is 0 Å². The number of thiazole rings is 1. The molecule has 26 heavy (non-hydrogen) atoms. The maximum atomic E-state index is 12.9. The van der Waals surface area contributed by atoms with Gasteiger partial charge in [-0.15, -0.1) is 11.3 Å². The van der Waals surface area contributed by atoms with E-state index >= 15 is 0 Å². The van der Waals surface area contributed by atoms with Crippen LogP contribution in [0.25, 0.3) is 0 Å². The smallest absolute Gasteiger partial charge is 0.265 e. The largest absolute Gasteiger partial charge is 0.339 e. The van der Waals surface area contributed by atoms with Crippen LogP contribution in [0.4, 0.5) is 0 Å². The highest BCUT2D eigenvalue weighted by Gasteiger charge is 2.31. The molecule has 0 atom stereocenters. The van der Waals surface area contributed by atoms with Crippen LogP contribution in [0, 0.1) is 12.8 Å². The molecule has 0 unspecified atom stereocenters. The van der Waals surface area contributed by atoms with Crippen LogP contribution in [0.2, 0.25) is 0 Å². The normalized spacial score (nSPS) is 19.7. The molecule has 0 bridgehead atoms. The summed E-state index contributed by atoms with van der Waals surface area (Å²) in [5.74, 6) is 0.588. The molecule has 0 radical (unpaired) electrons. The van der Waals surface area contributed by atoms with Crippen LogP contribution in [0.5, 0.6) is 0 Å². The van der Waals surface area contributed by atoms with Crippen molar-refractivity contribution in [2.45, 2.75) is 65.2 Å². The van der Waals surface area contributed by atoms with Crippen LogP contribution in [0.15, 0.2) is 0 Å². The summed E-state index contributed by atoms with van der Waals surface area (Å²) < 4.78 is 0. The molecule has 1 saturated heterocycles. The molecular weight excluding hydrogens is 346 g/mol. The fraction of sp³-hybridized carbons (Fsp3) is 0.750. The Morgan fingerprint density at radius 3 is 2.12 bits per heavy atom. The van der Waals surface area contributed by atoms with E-state index in [0.29, 0.717) is 32.1 Å². The van der Waals surface area contributed by atoms with Crippen LogP contribution >= 0.6 is 11.3 Å². The third-order valence-electron chi connectivity index (χ3n) is 5.47. The van der Waals surface area contributed by atoms with Crippen LogP contribution in [-0.2, 0) is 10.2 Å². The summed E-state index contributed by atoms with van der Waals surface area (Å²) in [6.07, 6.45) is 5.68. The van der Waals surface area contributed by atoms with Crippen molar-refractivity contribution in [3.05, 3.63) is 15.6 Å². The zero-order chi connectivity index (χ0) is 18.9. The molecule has 1 aliphatic heterocycles. The first-order valence-corrected chi connectivity index (χ1v) is 10.6. The highest BCUT2D eigenvalue weighted by Crippen LogP contribution is 2.30. The number of aryl methyl sites for hydroxylation is 1. The van der Waals surface area contributed by atoms with Gasteiger partial charge >= 0.3 is 0 Å². The van der Waals surface area contributed by atoms with Crippen molar-refractivity contribution >= 4 is 23.2 Å². The molecule has 1 aliphatic carbocycles. The van der Waals surface area contributed by atoms with Crippen molar-refractivity contribution in [3.8, 4) is 0 Å². The Morgan fingerprint density at radius 1 is 1.00 bits per heavy atom. The first-order valence-electron chi connectivity index (χ1n) is 9.83. The Bertz CT molecular complexity index is 663. The van der Waals surface area contributed by atoms with Crippen molar-refractivity contribution in [1.82, 2.24) is 14.8 Å². The van der Waals surface area contributed by atoms with Crippen LogP contribution in [0.3, 0.4) is 0 Å². The van der Waals surface area contributed by atoms with Crippen LogP contribution in [-0.4, -0.2) is 52.8 Å². The Morgan fingerprint density at radius 2 is 1.58 bits per heavy atom. The van der Waals surface area contributed by atoms with Gasteiger partial charge in [0.05, 0.1) is 10.7 Å². The fourth-order valence-corrected chi connectivity index (χ4v) is 4.89. The molecule has 2 amide bonds. The van der Waals surface area contributed by atoms with Gasteiger partial charge in [0.2, 0.25) is 5.91 Å². The van der Waals surface area contributed by atoms with E-state index in [9.17, 15) is 9.59 Å². The van der Waals surface area contributed by atoms with E-state index in [1.54, 1.807) is 0 Å². The van der Waals surface area contributed by atoms with Crippen LogP contribution in [0.1, 0.15) is 73.2 Å². The van der Waals surface area contributed by atoms with Gasteiger partial charge in [0, 0.05) is 37.5 Å². The summed E-state index contributed by atoms with van der Waals surface area (Å²) >= 11 is 1.52. The van der Waals surface area contributed by atoms with Gasteiger partial charge in [-0.1, -0.05) is 40.0 Å². The summed E-state index contributed by atoms with van der Waals surface area (Å²) in [6, 6.07) is 0. The fourth-order valence-electron chi connectivity index (χ4n) is 3.80. The van der Waals surface area contributed by atoms with Gasteiger partial charge < -0.3 is 9.80 Å². The predicted molar refractivity (Wildman–Crippen MR) is 105 cm³/mol. The second-order valence-electron chi connectivity index (χ2n) is 8.64. The van der Waals surface area contributed by atoms with Gasteiger partial charge in [-0.3, -0.25) is 9.59 Å². The number of carbonyl (C=O) groups is 2. The van der Waals surface area contributed by atoms with E-state index in [1.165, 1.54) is 30.6 Å². The number of rotatable bonds is 2. The average molecular weight is 378 g/mol. The minimum atomic E-state index is -0.0426. The molecule has 3 rings (SSSR count).